The molecule has 1 fully saturated rings. The molecule has 1 saturated heterocycles. The van der Waals surface area contributed by atoms with Gasteiger partial charge >= 0.3 is 0 Å². The van der Waals surface area contributed by atoms with Crippen LogP contribution in [-0.2, 0) is 15.9 Å². The number of β-amino-alcohol motifs (C(OH)–C–C–N with tert-alkyl or cyclic N) is 1. The van der Waals surface area contributed by atoms with Gasteiger partial charge in [0.15, 0.2) is 0 Å². The SMILES string of the molecule is CC1Cc2ccccc2N1CC(O)COC1CCOCC1. The van der Waals surface area contributed by atoms with Gasteiger partial charge in [-0.05, 0) is 37.8 Å². The van der Waals surface area contributed by atoms with Crippen LogP contribution in [0.1, 0.15) is 25.3 Å². The molecule has 0 bridgehead atoms. The van der Waals surface area contributed by atoms with Gasteiger partial charge in [0.05, 0.1) is 18.8 Å². The summed E-state index contributed by atoms with van der Waals surface area (Å²) >= 11 is 0. The Hall–Kier alpha value is -1.10. The zero-order valence-corrected chi connectivity index (χ0v) is 12.7. The molecule has 0 saturated carbocycles. The van der Waals surface area contributed by atoms with E-state index in [1.807, 2.05) is 0 Å². The second-order valence-electron chi connectivity index (χ2n) is 6.13. The standard InChI is InChI=1S/C17H25NO3/c1-13-10-14-4-2-3-5-17(14)18(13)11-15(19)12-21-16-6-8-20-9-7-16/h2-5,13,15-16,19H,6-12H2,1H3. The molecule has 2 heterocycles. The average Bonchev–Trinajstić information content (AvgIpc) is 2.82. The Balaban J connectivity index is 1.51. The van der Waals surface area contributed by atoms with E-state index >= 15 is 0 Å². The molecular formula is C17H25NO3. The second kappa shape index (κ2) is 6.77. The van der Waals surface area contributed by atoms with Crippen LogP contribution in [-0.4, -0.2) is 49.7 Å². The van der Waals surface area contributed by atoms with Gasteiger partial charge in [0.1, 0.15) is 0 Å². The minimum absolute atomic E-state index is 0.247. The first-order valence-corrected chi connectivity index (χ1v) is 7.96. The molecule has 2 atom stereocenters. The zero-order chi connectivity index (χ0) is 14.7. The van der Waals surface area contributed by atoms with Crippen molar-refractivity contribution in [1.82, 2.24) is 0 Å². The Labute approximate surface area is 126 Å². The van der Waals surface area contributed by atoms with Crippen LogP contribution in [0.3, 0.4) is 0 Å². The Kier molecular flexibility index (Phi) is 4.78. The molecule has 0 aromatic heterocycles. The minimum Gasteiger partial charge on any atom is -0.389 e. The number of nitrogens with zero attached hydrogens (tertiary/aromatic N) is 1. The van der Waals surface area contributed by atoms with E-state index in [9.17, 15) is 5.11 Å². The van der Waals surface area contributed by atoms with Crippen molar-refractivity contribution < 1.29 is 14.6 Å². The van der Waals surface area contributed by atoms with Crippen molar-refractivity contribution in [2.45, 2.75) is 44.4 Å². The first-order valence-electron chi connectivity index (χ1n) is 7.96. The summed E-state index contributed by atoms with van der Waals surface area (Å²) in [5.74, 6) is 0. The van der Waals surface area contributed by atoms with Crippen molar-refractivity contribution in [3.8, 4) is 0 Å². The molecule has 3 rings (SSSR count). The summed E-state index contributed by atoms with van der Waals surface area (Å²) in [6.45, 7) is 4.82. The van der Waals surface area contributed by atoms with Crippen LogP contribution in [0.5, 0.6) is 0 Å². The number of hydrogen-bond acceptors (Lipinski definition) is 4. The summed E-state index contributed by atoms with van der Waals surface area (Å²) in [5, 5.41) is 10.3. The van der Waals surface area contributed by atoms with Crippen LogP contribution in [0.2, 0.25) is 0 Å². The van der Waals surface area contributed by atoms with Gasteiger partial charge in [-0.15, -0.1) is 0 Å². The van der Waals surface area contributed by atoms with Gasteiger partial charge in [0, 0.05) is 31.5 Å². The van der Waals surface area contributed by atoms with Crippen molar-refractivity contribution in [3.05, 3.63) is 29.8 Å². The van der Waals surface area contributed by atoms with Crippen molar-refractivity contribution in [2.24, 2.45) is 0 Å². The predicted octanol–water partition coefficient (Wildman–Crippen LogP) is 1.99. The normalized spacial score (nSPS) is 24.1. The van der Waals surface area contributed by atoms with Crippen molar-refractivity contribution in [1.29, 1.82) is 0 Å². The highest BCUT2D eigenvalue weighted by Crippen LogP contribution is 2.31. The van der Waals surface area contributed by atoms with Crippen LogP contribution >= 0.6 is 0 Å². The first-order chi connectivity index (χ1) is 10.2. The van der Waals surface area contributed by atoms with Gasteiger partial charge in [0.2, 0.25) is 0 Å². The van der Waals surface area contributed by atoms with Crippen LogP contribution in [0, 0.1) is 0 Å². The molecule has 0 aliphatic carbocycles. The molecule has 2 aliphatic rings. The first kappa shape index (κ1) is 14.8. The summed E-state index contributed by atoms with van der Waals surface area (Å²) in [6.07, 6.45) is 2.74. The molecule has 21 heavy (non-hydrogen) atoms. The lowest BCUT2D eigenvalue weighted by atomic mass is 10.1. The monoisotopic (exact) mass is 291 g/mol. The van der Waals surface area contributed by atoms with E-state index in [0.717, 1.165) is 32.5 Å². The Bertz CT molecular complexity index is 459. The lowest BCUT2D eigenvalue weighted by Crippen LogP contribution is -2.39. The van der Waals surface area contributed by atoms with Gasteiger partial charge in [-0.25, -0.2) is 0 Å². The molecule has 0 radical (unpaired) electrons. The maximum Gasteiger partial charge on any atom is 0.0948 e. The minimum atomic E-state index is -0.443. The maximum atomic E-state index is 10.3. The highest BCUT2D eigenvalue weighted by molar-refractivity contribution is 5.59. The molecule has 1 aromatic carbocycles. The van der Waals surface area contributed by atoms with E-state index in [1.54, 1.807) is 0 Å². The predicted molar refractivity (Wildman–Crippen MR) is 82.8 cm³/mol. The van der Waals surface area contributed by atoms with Crippen molar-refractivity contribution >= 4 is 5.69 Å². The van der Waals surface area contributed by atoms with Gasteiger partial charge in [-0.1, -0.05) is 18.2 Å². The molecule has 0 amide bonds. The van der Waals surface area contributed by atoms with Crippen LogP contribution < -0.4 is 4.90 Å². The van der Waals surface area contributed by atoms with Gasteiger partial charge < -0.3 is 19.5 Å². The van der Waals surface area contributed by atoms with Gasteiger partial charge in [-0.3, -0.25) is 0 Å². The van der Waals surface area contributed by atoms with Crippen molar-refractivity contribution in [2.75, 3.05) is 31.3 Å². The molecule has 4 nitrogen and oxygen atoms in total. The smallest absolute Gasteiger partial charge is 0.0948 e. The Morgan fingerprint density at radius 3 is 2.90 bits per heavy atom. The van der Waals surface area contributed by atoms with E-state index < -0.39 is 6.10 Å². The number of fused-ring (bicyclic) bond motifs is 1. The van der Waals surface area contributed by atoms with Crippen LogP contribution in [0.25, 0.3) is 0 Å². The van der Waals surface area contributed by atoms with E-state index in [4.69, 9.17) is 9.47 Å². The number of rotatable bonds is 5. The molecule has 116 valence electrons. The second-order valence-corrected chi connectivity index (χ2v) is 6.13. The van der Waals surface area contributed by atoms with Crippen LogP contribution in [0.15, 0.2) is 24.3 Å². The molecule has 0 spiro atoms. The molecule has 1 N–H and O–H groups in total. The topological polar surface area (TPSA) is 41.9 Å². The Morgan fingerprint density at radius 2 is 2.10 bits per heavy atom. The van der Waals surface area contributed by atoms with Crippen LogP contribution in [0.4, 0.5) is 5.69 Å². The van der Waals surface area contributed by atoms with E-state index in [1.165, 1.54) is 11.3 Å². The quantitative estimate of drug-likeness (QED) is 0.901. The summed E-state index contributed by atoms with van der Waals surface area (Å²) in [6, 6.07) is 8.91. The molecule has 4 heteroatoms. The summed E-state index contributed by atoms with van der Waals surface area (Å²) in [7, 11) is 0. The lowest BCUT2D eigenvalue weighted by molar-refractivity contribution is -0.0576. The van der Waals surface area contributed by atoms with Gasteiger partial charge in [0.25, 0.3) is 0 Å². The average molecular weight is 291 g/mol. The third kappa shape index (κ3) is 3.57. The Morgan fingerprint density at radius 1 is 1.33 bits per heavy atom. The van der Waals surface area contributed by atoms with E-state index in [-0.39, 0.29) is 6.10 Å². The van der Waals surface area contributed by atoms with E-state index in [2.05, 4.69) is 36.1 Å². The third-order valence-corrected chi connectivity index (χ3v) is 4.45. The summed E-state index contributed by atoms with van der Waals surface area (Å²) in [4.78, 5) is 2.30. The number of para-hydroxylation sites is 1. The number of aliphatic hydroxyl groups is 1. The highest BCUT2D eigenvalue weighted by atomic mass is 16.5. The number of anilines is 1. The maximum absolute atomic E-state index is 10.3. The fourth-order valence-electron chi connectivity index (χ4n) is 3.28. The highest BCUT2D eigenvalue weighted by Gasteiger charge is 2.27. The molecule has 2 aliphatic heterocycles. The lowest BCUT2D eigenvalue weighted by Gasteiger charge is -2.29. The molecule has 1 aromatic rings. The zero-order valence-electron chi connectivity index (χ0n) is 12.7. The molecular weight excluding hydrogens is 266 g/mol. The number of benzene rings is 1. The largest absolute Gasteiger partial charge is 0.389 e. The fraction of sp³-hybridized carbons (Fsp3) is 0.647. The number of ether oxygens (including phenoxy) is 2. The summed E-state index contributed by atoms with van der Waals surface area (Å²) in [5.41, 5.74) is 2.64. The third-order valence-electron chi connectivity index (χ3n) is 4.45. The number of hydrogen-bond donors (Lipinski definition) is 1. The summed E-state index contributed by atoms with van der Waals surface area (Å²) < 4.78 is 11.1. The fourth-order valence-corrected chi connectivity index (χ4v) is 3.28. The van der Waals surface area contributed by atoms with Crippen molar-refractivity contribution in [3.63, 3.8) is 0 Å². The molecule has 2 unspecified atom stereocenters. The van der Waals surface area contributed by atoms with Gasteiger partial charge in [-0.2, -0.15) is 0 Å². The number of aliphatic hydroxyl groups excluding tert-OH is 1. The van der Waals surface area contributed by atoms with E-state index in [0.29, 0.717) is 19.2 Å².